The molecule has 0 saturated carbocycles. The van der Waals surface area contributed by atoms with E-state index in [-0.39, 0.29) is 31.1 Å². The van der Waals surface area contributed by atoms with E-state index in [9.17, 15) is 14.4 Å². The van der Waals surface area contributed by atoms with Gasteiger partial charge in [-0.25, -0.2) is 0 Å². The van der Waals surface area contributed by atoms with E-state index in [0.717, 1.165) is 96.3 Å². The van der Waals surface area contributed by atoms with Gasteiger partial charge in [-0.3, -0.25) is 14.4 Å². The summed E-state index contributed by atoms with van der Waals surface area (Å²) < 4.78 is 17.0. The van der Waals surface area contributed by atoms with Crippen LogP contribution < -0.4 is 0 Å². The Morgan fingerprint density at radius 1 is 0.253 bits per heavy atom. The molecule has 0 aromatic heterocycles. The van der Waals surface area contributed by atoms with E-state index in [1.54, 1.807) is 0 Å². The molecule has 0 spiro atoms. The first-order valence-electron chi connectivity index (χ1n) is 37.1. The molecule has 1 unspecified atom stereocenters. The van der Waals surface area contributed by atoms with Gasteiger partial charge < -0.3 is 14.2 Å². The Balaban J connectivity index is 4.09. The Hall–Kier alpha value is -2.63. The molecule has 0 heterocycles. The van der Waals surface area contributed by atoms with Gasteiger partial charge in [0.15, 0.2) is 6.10 Å². The number of carbonyl (C=O) groups is 3. The van der Waals surface area contributed by atoms with Crippen molar-refractivity contribution >= 4 is 17.9 Å². The van der Waals surface area contributed by atoms with Crippen molar-refractivity contribution in [3.8, 4) is 0 Å². The summed E-state index contributed by atoms with van der Waals surface area (Å²) in [6.45, 7) is 6.58. The maximum Gasteiger partial charge on any atom is 0.306 e. The summed E-state index contributed by atoms with van der Waals surface area (Å²) in [6.07, 6.45) is 91.8. The molecular weight excluding hydrogens is 1020 g/mol. The fourth-order valence-corrected chi connectivity index (χ4v) is 11.3. The second-order valence-corrected chi connectivity index (χ2v) is 25.2. The summed E-state index contributed by atoms with van der Waals surface area (Å²) in [5, 5.41) is 0. The summed E-state index contributed by atoms with van der Waals surface area (Å²) >= 11 is 0. The van der Waals surface area contributed by atoms with E-state index in [1.807, 2.05) is 0 Å². The number of unbranched alkanes of at least 4 members (excludes halogenated alkanes) is 50. The second kappa shape index (κ2) is 71.8. The summed E-state index contributed by atoms with van der Waals surface area (Å²) in [4.78, 5) is 38.4. The number of hydrogen-bond donors (Lipinski definition) is 0. The molecule has 0 aliphatic rings. The predicted octanol–water partition coefficient (Wildman–Crippen LogP) is 25.7. The van der Waals surface area contributed by atoms with Crippen molar-refractivity contribution in [3.63, 3.8) is 0 Å². The van der Waals surface area contributed by atoms with Crippen LogP contribution in [0.1, 0.15) is 406 Å². The van der Waals surface area contributed by atoms with Crippen LogP contribution in [0.25, 0.3) is 0 Å². The quantitative estimate of drug-likeness (QED) is 0.0261. The molecule has 0 aromatic rings. The van der Waals surface area contributed by atoms with Crippen LogP contribution in [0.15, 0.2) is 48.6 Å². The van der Waals surface area contributed by atoms with Crippen molar-refractivity contribution in [2.75, 3.05) is 13.2 Å². The van der Waals surface area contributed by atoms with E-state index in [1.165, 1.54) is 270 Å². The normalized spacial score (nSPS) is 12.3. The summed E-state index contributed by atoms with van der Waals surface area (Å²) in [6, 6.07) is 0. The summed E-state index contributed by atoms with van der Waals surface area (Å²) in [7, 11) is 0. The molecule has 6 nitrogen and oxygen atoms in total. The number of allylic oxidation sites excluding steroid dienone is 8. The van der Waals surface area contributed by atoms with Crippen molar-refractivity contribution in [3.05, 3.63) is 48.6 Å². The zero-order chi connectivity index (χ0) is 59.9. The minimum absolute atomic E-state index is 0.0740. The molecule has 0 rings (SSSR count). The molecule has 83 heavy (non-hydrogen) atoms. The Kier molecular flexibility index (Phi) is 69.6. The molecule has 0 aromatic carbocycles. The van der Waals surface area contributed by atoms with Crippen molar-refractivity contribution in [1.29, 1.82) is 0 Å². The Bertz CT molecular complexity index is 1430. The third-order valence-corrected chi connectivity index (χ3v) is 16.8. The maximum atomic E-state index is 12.9. The van der Waals surface area contributed by atoms with E-state index in [4.69, 9.17) is 14.2 Å². The highest BCUT2D eigenvalue weighted by Gasteiger charge is 2.20. The monoisotopic (exact) mass is 1160 g/mol. The summed E-state index contributed by atoms with van der Waals surface area (Å²) in [5.41, 5.74) is 0. The first-order valence-corrected chi connectivity index (χ1v) is 37.1. The predicted molar refractivity (Wildman–Crippen MR) is 362 cm³/mol. The number of hydrogen-bond acceptors (Lipinski definition) is 6. The number of ether oxygens (including phenoxy) is 3. The average molecular weight is 1160 g/mol. The molecule has 0 aliphatic carbocycles. The molecule has 0 amide bonds. The maximum absolute atomic E-state index is 12.9. The minimum Gasteiger partial charge on any atom is -0.462 e. The van der Waals surface area contributed by atoms with Crippen LogP contribution in [0.2, 0.25) is 0 Å². The zero-order valence-electron chi connectivity index (χ0n) is 56.0. The lowest BCUT2D eigenvalue weighted by Crippen LogP contribution is -2.30. The fraction of sp³-hybridized carbons (Fsp3) is 0.857. The third-order valence-electron chi connectivity index (χ3n) is 16.8. The van der Waals surface area contributed by atoms with Crippen LogP contribution in [0.5, 0.6) is 0 Å². The lowest BCUT2D eigenvalue weighted by molar-refractivity contribution is -0.167. The van der Waals surface area contributed by atoms with Gasteiger partial charge in [-0.05, 0) is 57.8 Å². The average Bonchev–Trinajstić information content (AvgIpc) is 3.49. The Morgan fingerprint density at radius 2 is 0.470 bits per heavy atom. The minimum atomic E-state index is -0.779. The van der Waals surface area contributed by atoms with Crippen LogP contribution in [-0.4, -0.2) is 37.2 Å². The summed E-state index contributed by atoms with van der Waals surface area (Å²) in [5.74, 6) is -0.862. The van der Waals surface area contributed by atoms with E-state index >= 15 is 0 Å². The fourth-order valence-electron chi connectivity index (χ4n) is 11.3. The zero-order valence-corrected chi connectivity index (χ0v) is 56.0. The van der Waals surface area contributed by atoms with Gasteiger partial charge in [0.25, 0.3) is 0 Å². The Morgan fingerprint density at radius 3 is 0.735 bits per heavy atom. The van der Waals surface area contributed by atoms with Crippen LogP contribution in [0.3, 0.4) is 0 Å². The number of carbonyl (C=O) groups excluding carboxylic acids is 3. The van der Waals surface area contributed by atoms with Gasteiger partial charge in [0.2, 0.25) is 0 Å². The highest BCUT2D eigenvalue weighted by molar-refractivity contribution is 5.71. The number of esters is 3. The largest absolute Gasteiger partial charge is 0.462 e. The van der Waals surface area contributed by atoms with Crippen LogP contribution >= 0.6 is 0 Å². The molecule has 0 bridgehead atoms. The lowest BCUT2D eigenvalue weighted by Gasteiger charge is -2.18. The topological polar surface area (TPSA) is 78.9 Å². The van der Waals surface area contributed by atoms with Crippen molar-refractivity contribution < 1.29 is 28.6 Å². The first kappa shape index (κ1) is 80.4. The third kappa shape index (κ3) is 70.0. The Labute approximate surface area is 518 Å². The van der Waals surface area contributed by atoms with Gasteiger partial charge >= 0.3 is 17.9 Å². The van der Waals surface area contributed by atoms with E-state index < -0.39 is 6.10 Å². The SMILES string of the molecule is CC/C=C\C/C=C\C/C=C\C/C=C\CCCCCCCCC(=O)OC(COC(=O)CCCCCCCCCCCCCC)COC(=O)CCCCCCCCCCCCCCCCCCCCCCCCCCCCCCCCCCCC. The van der Waals surface area contributed by atoms with Crippen molar-refractivity contribution in [2.45, 2.75) is 412 Å². The van der Waals surface area contributed by atoms with Crippen molar-refractivity contribution in [1.82, 2.24) is 0 Å². The van der Waals surface area contributed by atoms with Gasteiger partial charge in [-0.1, -0.05) is 378 Å². The molecule has 1 atom stereocenters. The van der Waals surface area contributed by atoms with Crippen LogP contribution in [0, 0.1) is 0 Å². The smallest absolute Gasteiger partial charge is 0.306 e. The second-order valence-electron chi connectivity index (χ2n) is 25.2. The van der Waals surface area contributed by atoms with Gasteiger partial charge in [-0.15, -0.1) is 0 Å². The molecule has 486 valence electrons. The van der Waals surface area contributed by atoms with E-state index in [2.05, 4.69) is 69.4 Å². The van der Waals surface area contributed by atoms with Gasteiger partial charge in [0.1, 0.15) is 13.2 Å². The number of rotatable bonds is 69. The van der Waals surface area contributed by atoms with Gasteiger partial charge in [0, 0.05) is 19.3 Å². The lowest BCUT2D eigenvalue weighted by atomic mass is 10.0. The molecule has 0 N–H and O–H groups in total. The molecule has 0 aliphatic heterocycles. The molecular formula is C77H142O6. The molecule has 0 saturated heterocycles. The molecule has 0 fully saturated rings. The van der Waals surface area contributed by atoms with Crippen LogP contribution in [-0.2, 0) is 28.6 Å². The highest BCUT2D eigenvalue weighted by atomic mass is 16.6. The van der Waals surface area contributed by atoms with Crippen LogP contribution in [0.4, 0.5) is 0 Å². The first-order chi connectivity index (χ1) is 41.0. The van der Waals surface area contributed by atoms with E-state index in [0.29, 0.717) is 19.3 Å². The van der Waals surface area contributed by atoms with Gasteiger partial charge in [-0.2, -0.15) is 0 Å². The molecule has 0 radical (unpaired) electrons. The highest BCUT2D eigenvalue weighted by Crippen LogP contribution is 2.19. The van der Waals surface area contributed by atoms with Gasteiger partial charge in [0.05, 0.1) is 0 Å². The van der Waals surface area contributed by atoms with Crippen molar-refractivity contribution in [2.24, 2.45) is 0 Å². The molecule has 6 heteroatoms. The standard InChI is InChI=1S/C77H142O6/c1-4-7-10-13-16-19-22-25-27-29-31-32-33-34-35-36-37-38-39-40-41-42-43-44-45-47-48-50-52-55-58-61-64-67-70-76(79)82-73-74(72-81-75(78)69-66-63-60-57-54-24-21-18-15-12-9-6-3)83-77(80)71-68-65-62-59-56-53-51-49-46-30-28-26-23-20-17-14-11-8-5-2/h8,11,17,20,26,28,46,49,74H,4-7,9-10,12-16,18-19,21-25,27,29-45,47-48,50-73H2,1-3H3/b11-8-,20-17-,28-26-,49-46-.